The summed E-state index contributed by atoms with van der Waals surface area (Å²) in [5, 5.41) is 0. The van der Waals surface area contributed by atoms with E-state index in [0.717, 1.165) is 6.92 Å². The van der Waals surface area contributed by atoms with Gasteiger partial charge in [0, 0.05) is 19.0 Å². The molecule has 0 aliphatic heterocycles. The molecule has 0 unspecified atom stereocenters. The predicted molar refractivity (Wildman–Crippen MR) is 43.9 cm³/mol. The Morgan fingerprint density at radius 1 is 1.33 bits per heavy atom. The Hall–Kier alpha value is -0.960. The van der Waals surface area contributed by atoms with Crippen molar-refractivity contribution in [3.05, 3.63) is 35.4 Å². The van der Waals surface area contributed by atoms with Crippen LogP contribution in [0.15, 0.2) is 24.3 Å². The average molecular weight is 171 g/mol. The van der Waals surface area contributed by atoms with E-state index in [2.05, 4.69) is 0 Å². The minimum Gasteiger partial charge on any atom is -0.326 e. The molecule has 0 aliphatic rings. The third kappa shape index (κ3) is 1.80. The van der Waals surface area contributed by atoms with Crippen LogP contribution in [-0.2, 0) is 12.5 Å². The summed E-state index contributed by atoms with van der Waals surface area (Å²) in [4.78, 5) is 0. The van der Waals surface area contributed by atoms with Crippen LogP contribution < -0.4 is 5.73 Å². The molecular formula is C9H11F2N. The number of nitrogens with two attached hydrogens (primary N) is 1. The van der Waals surface area contributed by atoms with E-state index < -0.39 is 5.92 Å². The average Bonchev–Trinajstić information content (AvgIpc) is 2.03. The molecule has 0 fully saturated rings. The molecule has 0 heterocycles. The molecule has 0 spiro atoms. The van der Waals surface area contributed by atoms with Crippen LogP contribution in [0.4, 0.5) is 8.78 Å². The van der Waals surface area contributed by atoms with Crippen molar-refractivity contribution in [3.8, 4) is 0 Å². The van der Waals surface area contributed by atoms with E-state index >= 15 is 0 Å². The number of alkyl halides is 2. The highest BCUT2D eigenvalue weighted by molar-refractivity contribution is 5.30. The van der Waals surface area contributed by atoms with Crippen LogP contribution in [-0.4, -0.2) is 0 Å². The van der Waals surface area contributed by atoms with Crippen molar-refractivity contribution in [3.63, 3.8) is 0 Å². The quantitative estimate of drug-likeness (QED) is 0.725. The molecule has 0 aliphatic carbocycles. The van der Waals surface area contributed by atoms with Crippen LogP contribution in [0.2, 0.25) is 0 Å². The zero-order chi connectivity index (χ0) is 9.19. The molecule has 2 N–H and O–H groups in total. The third-order valence-corrected chi connectivity index (χ3v) is 1.71. The highest BCUT2D eigenvalue weighted by Crippen LogP contribution is 2.29. The van der Waals surface area contributed by atoms with Crippen LogP contribution in [0.25, 0.3) is 0 Å². The summed E-state index contributed by atoms with van der Waals surface area (Å²) >= 11 is 0. The monoisotopic (exact) mass is 171 g/mol. The first-order valence-corrected chi connectivity index (χ1v) is 3.72. The van der Waals surface area contributed by atoms with Crippen LogP contribution >= 0.6 is 0 Å². The molecule has 1 nitrogen and oxygen atoms in total. The van der Waals surface area contributed by atoms with Crippen molar-refractivity contribution in [2.45, 2.75) is 19.4 Å². The fraction of sp³-hybridized carbons (Fsp3) is 0.333. The molecule has 0 saturated carbocycles. The standard InChI is InChI=1S/C9H11F2N/c1-9(10,11)8-5-3-2-4-7(8)6-12/h2-5H,6,12H2,1H3. The number of hydrogen-bond acceptors (Lipinski definition) is 1. The number of rotatable bonds is 2. The Labute approximate surface area is 70.2 Å². The lowest BCUT2D eigenvalue weighted by Gasteiger charge is -2.14. The Morgan fingerprint density at radius 2 is 1.92 bits per heavy atom. The van der Waals surface area contributed by atoms with Crippen molar-refractivity contribution in [1.82, 2.24) is 0 Å². The molecule has 66 valence electrons. The second-order valence-electron chi connectivity index (χ2n) is 2.75. The van der Waals surface area contributed by atoms with Gasteiger partial charge in [-0.15, -0.1) is 0 Å². The summed E-state index contributed by atoms with van der Waals surface area (Å²) in [6.45, 7) is 1.03. The molecule has 0 saturated heterocycles. The topological polar surface area (TPSA) is 26.0 Å². The van der Waals surface area contributed by atoms with Gasteiger partial charge >= 0.3 is 0 Å². The second kappa shape index (κ2) is 3.19. The Balaban J connectivity index is 3.14. The third-order valence-electron chi connectivity index (χ3n) is 1.71. The van der Waals surface area contributed by atoms with E-state index in [1.165, 1.54) is 6.07 Å². The van der Waals surface area contributed by atoms with Crippen molar-refractivity contribution < 1.29 is 8.78 Å². The van der Waals surface area contributed by atoms with Crippen molar-refractivity contribution >= 4 is 0 Å². The molecule has 1 aromatic rings. The van der Waals surface area contributed by atoms with Crippen molar-refractivity contribution in [2.75, 3.05) is 0 Å². The number of halogens is 2. The van der Waals surface area contributed by atoms with Crippen LogP contribution in [0.1, 0.15) is 18.1 Å². The summed E-state index contributed by atoms with van der Waals surface area (Å²) in [7, 11) is 0. The van der Waals surface area contributed by atoms with Gasteiger partial charge in [0.2, 0.25) is 0 Å². The van der Waals surface area contributed by atoms with E-state index in [9.17, 15) is 8.78 Å². The van der Waals surface area contributed by atoms with E-state index in [1.807, 2.05) is 0 Å². The van der Waals surface area contributed by atoms with Crippen LogP contribution in [0, 0.1) is 0 Å². The largest absolute Gasteiger partial charge is 0.326 e. The van der Waals surface area contributed by atoms with Gasteiger partial charge in [0.05, 0.1) is 0 Å². The Kier molecular flexibility index (Phi) is 2.43. The summed E-state index contributed by atoms with van der Waals surface area (Å²) in [6.07, 6.45) is 0. The molecular weight excluding hydrogens is 160 g/mol. The highest BCUT2D eigenvalue weighted by atomic mass is 19.3. The van der Waals surface area contributed by atoms with E-state index in [1.54, 1.807) is 18.2 Å². The first kappa shape index (κ1) is 9.13. The first-order chi connectivity index (χ1) is 5.55. The molecule has 0 aromatic heterocycles. The van der Waals surface area contributed by atoms with Gasteiger partial charge < -0.3 is 5.73 Å². The summed E-state index contributed by atoms with van der Waals surface area (Å²) in [5.74, 6) is -2.80. The Bertz CT molecular complexity index is 265. The Morgan fingerprint density at radius 3 is 2.33 bits per heavy atom. The van der Waals surface area contributed by atoms with Gasteiger partial charge in [0.15, 0.2) is 0 Å². The van der Waals surface area contributed by atoms with E-state index in [-0.39, 0.29) is 12.1 Å². The maximum Gasteiger partial charge on any atom is 0.270 e. The van der Waals surface area contributed by atoms with Gasteiger partial charge in [-0.05, 0) is 5.56 Å². The van der Waals surface area contributed by atoms with Gasteiger partial charge in [-0.25, -0.2) is 8.78 Å². The zero-order valence-electron chi connectivity index (χ0n) is 6.85. The summed E-state index contributed by atoms with van der Waals surface area (Å²) < 4.78 is 25.7. The minimum absolute atomic E-state index is 0.0208. The molecule has 0 bridgehead atoms. The van der Waals surface area contributed by atoms with E-state index in [4.69, 9.17) is 5.73 Å². The summed E-state index contributed by atoms with van der Waals surface area (Å²) in [5.41, 5.74) is 5.84. The van der Waals surface area contributed by atoms with Gasteiger partial charge in [-0.1, -0.05) is 24.3 Å². The predicted octanol–water partition coefficient (Wildman–Crippen LogP) is 2.26. The number of hydrogen-bond donors (Lipinski definition) is 1. The molecule has 0 amide bonds. The van der Waals surface area contributed by atoms with Crippen molar-refractivity contribution in [2.24, 2.45) is 5.73 Å². The summed E-state index contributed by atoms with van der Waals surface area (Å²) in [6, 6.07) is 6.32. The molecule has 12 heavy (non-hydrogen) atoms. The van der Waals surface area contributed by atoms with Crippen LogP contribution in [0.5, 0.6) is 0 Å². The lowest BCUT2D eigenvalue weighted by Crippen LogP contribution is -2.12. The normalized spacial score (nSPS) is 11.7. The maximum absolute atomic E-state index is 12.8. The smallest absolute Gasteiger partial charge is 0.270 e. The van der Waals surface area contributed by atoms with Gasteiger partial charge in [-0.2, -0.15) is 0 Å². The molecule has 0 atom stereocenters. The van der Waals surface area contributed by atoms with Crippen molar-refractivity contribution in [1.29, 1.82) is 0 Å². The van der Waals surface area contributed by atoms with E-state index in [0.29, 0.717) is 5.56 Å². The first-order valence-electron chi connectivity index (χ1n) is 3.72. The SMILES string of the molecule is CC(F)(F)c1ccccc1CN. The lowest BCUT2D eigenvalue weighted by molar-refractivity contribution is 0.0165. The maximum atomic E-state index is 12.8. The van der Waals surface area contributed by atoms with Crippen LogP contribution in [0.3, 0.4) is 0 Å². The highest BCUT2D eigenvalue weighted by Gasteiger charge is 2.26. The van der Waals surface area contributed by atoms with Gasteiger partial charge in [0.25, 0.3) is 5.92 Å². The van der Waals surface area contributed by atoms with Gasteiger partial charge in [-0.3, -0.25) is 0 Å². The van der Waals surface area contributed by atoms with Gasteiger partial charge in [0.1, 0.15) is 0 Å². The fourth-order valence-electron chi connectivity index (χ4n) is 1.13. The lowest BCUT2D eigenvalue weighted by atomic mass is 10.0. The molecule has 1 rings (SSSR count). The molecule has 1 aromatic carbocycles. The minimum atomic E-state index is -2.80. The zero-order valence-corrected chi connectivity index (χ0v) is 6.85. The molecule has 0 radical (unpaired) electrons. The molecule has 3 heteroatoms. The fourth-order valence-corrected chi connectivity index (χ4v) is 1.13. The number of benzene rings is 1. The second-order valence-corrected chi connectivity index (χ2v) is 2.75.